The third kappa shape index (κ3) is 3.53. The Labute approximate surface area is 121 Å². The van der Waals surface area contributed by atoms with Gasteiger partial charge in [0.25, 0.3) is 0 Å². The fourth-order valence-electron chi connectivity index (χ4n) is 2.07. The summed E-state index contributed by atoms with van der Waals surface area (Å²) in [4.78, 5) is 5.46. The van der Waals surface area contributed by atoms with Crippen LogP contribution >= 0.6 is 22.9 Å². The van der Waals surface area contributed by atoms with E-state index in [0.717, 1.165) is 17.8 Å². The molecule has 1 heterocycles. The van der Waals surface area contributed by atoms with Gasteiger partial charge in [0, 0.05) is 15.9 Å². The van der Waals surface area contributed by atoms with Gasteiger partial charge in [0.05, 0.1) is 11.2 Å². The van der Waals surface area contributed by atoms with Crippen molar-refractivity contribution in [1.29, 1.82) is 0 Å². The lowest BCUT2D eigenvalue weighted by molar-refractivity contribution is 0.551. The topological polar surface area (TPSA) is 24.9 Å². The van der Waals surface area contributed by atoms with Crippen molar-refractivity contribution >= 4 is 22.9 Å². The molecule has 102 valence electrons. The number of rotatable bonds is 5. The maximum absolute atomic E-state index is 13.3. The molecule has 1 aromatic carbocycles. The Kier molecular flexibility index (Phi) is 4.91. The minimum Gasteiger partial charge on any atom is -0.309 e. The van der Waals surface area contributed by atoms with E-state index in [-0.39, 0.29) is 11.9 Å². The zero-order valence-corrected chi connectivity index (χ0v) is 12.5. The molecule has 0 amide bonds. The second-order valence-corrected chi connectivity index (χ2v) is 5.65. The van der Waals surface area contributed by atoms with Gasteiger partial charge in [-0.05, 0) is 43.7 Å². The molecule has 0 radical (unpaired) electrons. The number of hydrogen-bond acceptors (Lipinski definition) is 3. The molecule has 0 aliphatic carbocycles. The van der Waals surface area contributed by atoms with Crippen molar-refractivity contribution < 1.29 is 4.39 Å². The summed E-state index contributed by atoms with van der Waals surface area (Å²) in [6.07, 6.45) is 0.660. The van der Waals surface area contributed by atoms with E-state index in [1.807, 2.05) is 12.4 Å². The average Bonchev–Trinajstić information content (AvgIpc) is 2.79. The first-order valence-electron chi connectivity index (χ1n) is 6.19. The van der Waals surface area contributed by atoms with E-state index in [0.29, 0.717) is 11.4 Å². The number of likely N-dealkylation sites (N-methyl/N-ethyl adjacent to an activating group) is 1. The van der Waals surface area contributed by atoms with Crippen molar-refractivity contribution in [1.82, 2.24) is 10.3 Å². The number of benzene rings is 1. The van der Waals surface area contributed by atoms with Crippen molar-refractivity contribution in [3.63, 3.8) is 0 Å². The number of halogens is 2. The van der Waals surface area contributed by atoms with Gasteiger partial charge in [0.1, 0.15) is 5.82 Å². The van der Waals surface area contributed by atoms with Crippen molar-refractivity contribution in [3.05, 3.63) is 50.7 Å². The van der Waals surface area contributed by atoms with Crippen LogP contribution in [-0.2, 0) is 6.42 Å². The van der Waals surface area contributed by atoms with Crippen LogP contribution in [0.15, 0.2) is 23.7 Å². The molecule has 1 aromatic heterocycles. The molecule has 2 aromatic rings. The SMILES string of the molecule is CCNC(Cc1cc(F)ccc1Cl)c1scnc1C. The first kappa shape index (κ1) is 14.4. The molecule has 0 fully saturated rings. The van der Waals surface area contributed by atoms with Gasteiger partial charge in [0.2, 0.25) is 0 Å². The maximum atomic E-state index is 13.3. The van der Waals surface area contributed by atoms with Gasteiger partial charge >= 0.3 is 0 Å². The molecule has 19 heavy (non-hydrogen) atoms. The van der Waals surface area contributed by atoms with Crippen LogP contribution in [0.5, 0.6) is 0 Å². The van der Waals surface area contributed by atoms with Crippen LogP contribution in [-0.4, -0.2) is 11.5 Å². The number of thiazole rings is 1. The summed E-state index contributed by atoms with van der Waals surface area (Å²) in [5, 5.41) is 4.01. The molecule has 0 bridgehead atoms. The van der Waals surface area contributed by atoms with E-state index in [2.05, 4.69) is 17.2 Å². The second kappa shape index (κ2) is 6.46. The average molecular weight is 299 g/mol. The Balaban J connectivity index is 2.26. The summed E-state index contributed by atoms with van der Waals surface area (Å²) in [7, 11) is 0. The fraction of sp³-hybridized carbons (Fsp3) is 0.357. The van der Waals surface area contributed by atoms with Crippen molar-refractivity contribution in [2.75, 3.05) is 6.54 Å². The van der Waals surface area contributed by atoms with Gasteiger partial charge in [-0.15, -0.1) is 11.3 Å². The zero-order valence-electron chi connectivity index (χ0n) is 10.9. The van der Waals surface area contributed by atoms with Gasteiger partial charge in [-0.3, -0.25) is 0 Å². The molecule has 0 aliphatic rings. The van der Waals surface area contributed by atoms with Crippen molar-refractivity contribution in [2.45, 2.75) is 26.3 Å². The molecule has 0 aliphatic heterocycles. The van der Waals surface area contributed by atoms with Crippen LogP contribution < -0.4 is 5.32 Å². The highest BCUT2D eigenvalue weighted by Crippen LogP contribution is 2.28. The quantitative estimate of drug-likeness (QED) is 0.897. The lowest BCUT2D eigenvalue weighted by Crippen LogP contribution is -2.23. The molecule has 0 saturated heterocycles. The van der Waals surface area contributed by atoms with Crippen LogP contribution in [0.1, 0.15) is 29.1 Å². The van der Waals surface area contributed by atoms with Crippen LogP contribution in [0, 0.1) is 12.7 Å². The van der Waals surface area contributed by atoms with Crippen molar-refractivity contribution in [2.24, 2.45) is 0 Å². The standard InChI is InChI=1S/C14H16ClFN2S/c1-3-17-13(14-9(2)18-8-19-14)7-10-6-11(16)4-5-12(10)15/h4-6,8,13,17H,3,7H2,1-2H3. The lowest BCUT2D eigenvalue weighted by atomic mass is 10.0. The number of nitrogens with zero attached hydrogens (tertiary/aromatic N) is 1. The summed E-state index contributed by atoms with van der Waals surface area (Å²) in [6.45, 7) is 4.88. The molecule has 1 unspecified atom stereocenters. The Morgan fingerprint density at radius 2 is 2.26 bits per heavy atom. The number of nitrogens with one attached hydrogen (secondary N) is 1. The van der Waals surface area contributed by atoms with E-state index in [4.69, 9.17) is 11.6 Å². The van der Waals surface area contributed by atoms with Crippen LogP contribution in [0.3, 0.4) is 0 Å². The monoisotopic (exact) mass is 298 g/mol. The summed E-state index contributed by atoms with van der Waals surface area (Å²) < 4.78 is 13.3. The van der Waals surface area contributed by atoms with Gasteiger partial charge in [-0.25, -0.2) is 9.37 Å². The Morgan fingerprint density at radius 3 is 2.89 bits per heavy atom. The van der Waals surface area contributed by atoms with Crippen molar-refractivity contribution in [3.8, 4) is 0 Å². The summed E-state index contributed by atoms with van der Waals surface area (Å²) in [6, 6.07) is 4.61. The van der Waals surface area contributed by atoms with E-state index in [9.17, 15) is 4.39 Å². The third-order valence-electron chi connectivity index (χ3n) is 2.98. The number of aryl methyl sites for hydroxylation is 1. The van der Waals surface area contributed by atoms with Crippen LogP contribution in [0.4, 0.5) is 4.39 Å². The van der Waals surface area contributed by atoms with Gasteiger partial charge < -0.3 is 5.32 Å². The smallest absolute Gasteiger partial charge is 0.123 e. The summed E-state index contributed by atoms with van der Waals surface area (Å²) in [5.41, 5.74) is 3.67. The van der Waals surface area contributed by atoms with Gasteiger partial charge in [-0.1, -0.05) is 18.5 Å². The normalized spacial score (nSPS) is 12.6. The molecular formula is C14H16ClFN2S. The fourth-order valence-corrected chi connectivity index (χ4v) is 3.14. The van der Waals surface area contributed by atoms with Crippen LogP contribution in [0.2, 0.25) is 5.02 Å². The summed E-state index contributed by atoms with van der Waals surface area (Å²) >= 11 is 7.75. The molecule has 0 spiro atoms. The molecule has 2 rings (SSSR count). The number of aromatic nitrogens is 1. The van der Waals surface area contributed by atoms with Gasteiger partial charge in [0.15, 0.2) is 0 Å². The maximum Gasteiger partial charge on any atom is 0.123 e. The van der Waals surface area contributed by atoms with E-state index in [1.54, 1.807) is 17.4 Å². The predicted molar refractivity (Wildman–Crippen MR) is 78.4 cm³/mol. The highest BCUT2D eigenvalue weighted by atomic mass is 35.5. The molecule has 1 N–H and O–H groups in total. The molecule has 2 nitrogen and oxygen atoms in total. The van der Waals surface area contributed by atoms with E-state index >= 15 is 0 Å². The Bertz CT molecular complexity index is 556. The highest BCUT2D eigenvalue weighted by molar-refractivity contribution is 7.09. The molecule has 0 saturated carbocycles. The third-order valence-corrected chi connectivity index (χ3v) is 4.39. The zero-order chi connectivity index (χ0) is 13.8. The first-order chi connectivity index (χ1) is 9.11. The van der Waals surface area contributed by atoms with Crippen LogP contribution in [0.25, 0.3) is 0 Å². The predicted octanol–water partition coefficient (Wildman–Crippen LogP) is 4.14. The lowest BCUT2D eigenvalue weighted by Gasteiger charge is -2.18. The largest absolute Gasteiger partial charge is 0.309 e. The molecular weight excluding hydrogens is 283 g/mol. The number of hydrogen-bond donors (Lipinski definition) is 1. The minimum absolute atomic E-state index is 0.122. The first-order valence-corrected chi connectivity index (χ1v) is 7.45. The Hall–Kier alpha value is -0.970. The van der Waals surface area contributed by atoms with E-state index in [1.165, 1.54) is 17.0 Å². The minimum atomic E-state index is -0.254. The van der Waals surface area contributed by atoms with E-state index < -0.39 is 0 Å². The molecule has 5 heteroatoms. The highest BCUT2D eigenvalue weighted by Gasteiger charge is 2.17. The Morgan fingerprint density at radius 1 is 1.47 bits per heavy atom. The summed E-state index contributed by atoms with van der Waals surface area (Å²) in [5.74, 6) is -0.254. The molecule has 1 atom stereocenters. The van der Waals surface area contributed by atoms with Gasteiger partial charge in [-0.2, -0.15) is 0 Å². The second-order valence-electron chi connectivity index (χ2n) is 4.35.